The summed E-state index contributed by atoms with van der Waals surface area (Å²) in [5.41, 5.74) is 0.925. The Balaban J connectivity index is 1.75. The summed E-state index contributed by atoms with van der Waals surface area (Å²) in [7, 11) is -3.58. The molecule has 0 bridgehead atoms. The molecule has 6 nitrogen and oxygen atoms in total. The molecule has 1 saturated heterocycles. The highest BCUT2D eigenvalue weighted by Gasteiger charge is 2.34. The maximum atomic E-state index is 13.3. The quantitative estimate of drug-likeness (QED) is 0.818. The molecular formula is C19H29N3O3S. The van der Waals surface area contributed by atoms with Gasteiger partial charge in [-0.15, -0.1) is 0 Å². The zero-order chi connectivity index (χ0) is 18.6. The first-order valence-corrected chi connectivity index (χ1v) is 11.0. The second-order valence-corrected chi connectivity index (χ2v) is 9.14. The largest absolute Gasteiger partial charge is 0.340 e. The molecule has 1 N–H and O–H groups in total. The van der Waals surface area contributed by atoms with Gasteiger partial charge in [0.15, 0.2) is 0 Å². The summed E-state index contributed by atoms with van der Waals surface area (Å²) in [4.78, 5) is 14.7. The van der Waals surface area contributed by atoms with Gasteiger partial charge in [0.25, 0.3) is 0 Å². The predicted octanol–water partition coefficient (Wildman–Crippen LogP) is 1.75. The molecule has 1 aliphatic carbocycles. The van der Waals surface area contributed by atoms with Gasteiger partial charge < -0.3 is 10.2 Å². The van der Waals surface area contributed by atoms with Crippen LogP contribution >= 0.6 is 0 Å². The van der Waals surface area contributed by atoms with E-state index in [1.54, 1.807) is 22.5 Å². The maximum Gasteiger partial charge on any atom is 0.243 e. The fraction of sp³-hybridized carbons (Fsp3) is 0.632. The first-order chi connectivity index (χ1) is 12.5. The van der Waals surface area contributed by atoms with Crippen LogP contribution in [0.3, 0.4) is 0 Å². The third-order valence-corrected chi connectivity index (χ3v) is 7.29. The van der Waals surface area contributed by atoms with Crippen LogP contribution in [-0.4, -0.2) is 62.3 Å². The molecule has 1 heterocycles. The summed E-state index contributed by atoms with van der Waals surface area (Å²) in [6.07, 6.45) is 4.12. The molecule has 144 valence electrons. The Morgan fingerprint density at radius 1 is 1.23 bits per heavy atom. The van der Waals surface area contributed by atoms with Crippen molar-refractivity contribution in [2.24, 2.45) is 0 Å². The van der Waals surface area contributed by atoms with Crippen molar-refractivity contribution in [3.63, 3.8) is 0 Å². The van der Waals surface area contributed by atoms with Crippen LogP contribution in [0.4, 0.5) is 0 Å². The summed E-state index contributed by atoms with van der Waals surface area (Å²) in [5.74, 6) is 0.0499. The number of piperazine rings is 1. The molecule has 0 spiro atoms. The minimum absolute atomic E-state index is 0.0105. The van der Waals surface area contributed by atoms with Crippen LogP contribution in [0.15, 0.2) is 29.2 Å². The summed E-state index contributed by atoms with van der Waals surface area (Å²) in [5, 5.41) is 3.23. The molecule has 1 aromatic rings. The molecule has 2 fully saturated rings. The van der Waals surface area contributed by atoms with Crippen LogP contribution in [0.25, 0.3) is 0 Å². The molecule has 0 atom stereocenters. The van der Waals surface area contributed by atoms with E-state index in [1.807, 2.05) is 17.9 Å². The molecule has 0 aromatic heterocycles. The second-order valence-electron chi connectivity index (χ2n) is 7.25. The SMILES string of the molecule is Cc1cccc(S(=O)(=O)N(CCC(=O)N2CCNCC2)C2CCCC2)c1. The van der Waals surface area contributed by atoms with Crippen LogP contribution in [0.1, 0.15) is 37.7 Å². The third kappa shape index (κ3) is 4.45. The van der Waals surface area contributed by atoms with E-state index in [0.717, 1.165) is 44.3 Å². The lowest BCUT2D eigenvalue weighted by Gasteiger charge is -2.31. The van der Waals surface area contributed by atoms with Crippen LogP contribution in [0.2, 0.25) is 0 Å². The van der Waals surface area contributed by atoms with Crippen molar-refractivity contribution in [3.05, 3.63) is 29.8 Å². The van der Waals surface area contributed by atoms with Crippen LogP contribution in [0, 0.1) is 6.92 Å². The van der Waals surface area contributed by atoms with E-state index in [4.69, 9.17) is 0 Å². The maximum absolute atomic E-state index is 13.3. The third-order valence-electron chi connectivity index (χ3n) is 5.34. The Labute approximate surface area is 156 Å². The van der Waals surface area contributed by atoms with Crippen molar-refractivity contribution >= 4 is 15.9 Å². The van der Waals surface area contributed by atoms with Gasteiger partial charge in [-0.3, -0.25) is 4.79 Å². The average molecular weight is 380 g/mol. The van der Waals surface area contributed by atoms with Gasteiger partial charge in [0.2, 0.25) is 15.9 Å². The number of nitrogens with zero attached hydrogens (tertiary/aromatic N) is 2. The molecule has 0 unspecified atom stereocenters. The van der Waals surface area contributed by atoms with Crippen molar-refractivity contribution in [1.29, 1.82) is 0 Å². The molecule has 7 heteroatoms. The Bertz CT molecular complexity index is 723. The van der Waals surface area contributed by atoms with E-state index in [9.17, 15) is 13.2 Å². The Hall–Kier alpha value is -1.44. The number of carbonyl (C=O) groups excluding carboxylic acids is 1. The van der Waals surface area contributed by atoms with Gasteiger partial charge in [0.05, 0.1) is 4.90 Å². The van der Waals surface area contributed by atoms with E-state index in [1.165, 1.54) is 0 Å². The number of carbonyl (C=O) groups is 1. The number of nitrogens with one attached hydrogen (secondary N) is 1. The molecule has 1 saturated carbocycles. The first kappa shape index (κ1) is 19.3. The number of hydrogen-bond acceptors (Lipinski definition) is 4. The van der Waals surface area contributed by atoms with Crippen LogP contribution < -0.4 is 5.32 Å². The average Bonchev–Trinajstić information content (AvgIpc) is 3.16. The minimum atomic E-state index is -3.58. The minimum Gasteiger partial charge on any atom is -0.340 e. The van der Waals surface area contributed by atoms with E-state index < -0.39 is 10.0 Å². The molecular weight excluding hydrogens is 350 g/mol. The Morgan fingerprint density at radius 3 is 2.58 bits per heavy atom. The zero-order valence-electron chi connectivity index (χ0n) is 15.5. The number of hydrogen-bond donors (Lipinski definition) is 1. The van der Waals surface area contributed by atoms with Crippen molar-refractivity contribution in [2.75, 3.05) is 32.7 Å². The zero-order valence-corrected chi connectivity index (χ0v) is 16.3. The van der Waals surface area contributed by atoms with Gasteiger partial charge in [-0.2, -0.15) is 4.31 Å². The molecule has 2 aliphatic rings. The smallest absolute Gasteiger partial charge is 0.243 e. The molecule has 0 radical (unpaired) electrons. The number of benzene rings is 1. The Morgan fingerprint density at radius 2 is 1.92 bits per heavy atom. The fourth-order valence-electron chi connectivity index (χ4n) is 3.88. The molecule has 1 aliphatic heterocycles. The lowest BCUT2D eigenvalue weighted by atomic mass is 10.2. The van der Waals surface area contributed by atoms with Crippen LogP contribution in [0.5, 0.6) is 0 Å². The van der Waals surface area contributed by atoms with Gasteiger partial charge in [-0.25, -0.2) is 8.42 Å². The van der Waals surface area contributed by atoms with E-state index in [-0.39, 0.29) is 24.9 Å². The van der Waals surface area contributed by atoms with Gasteiger partial charge in [-0.05, 0) is 37.5 Å². The molecule has 3 rings (SSSR count). The second kappa shape index (κ2) is 8.50. The molecule has 1 amide bonds. The standard InChI is InChI=1S/C19H29N3O3S/c1-16-5-4-8-18(15-16)26(24,25)22(17-6-2-3-7-17)12-9-19(23)21-13-10-20-11-14-21/h4-5,8,15,17,20H,2-3,6-7,9-14H2,1H3. The van der Waals surface area contributed by atoms with Crippen molar-refractivity contribution in [1.82, 2.24) is 14.5 Å². The van der Waals surface area contributed by atoms with E-state index >= 15 is 0 Å². The lowest BCUT2D eigenvalue weighted by Crippen LogP contribution is -2.48. The fourth-order valence-corrected chi connectivity index (χ4v) is 5.67. The van der Waals surface area contributed by atoms with Crippen molar-refractivity contribution < 1.29 is 13.2 Å². The summed E-state index contributed by atoms with van der Waals surface area (Å²) in [6.45, 7) is 5.18. The summed E-state index contributed by atoms with van der Waals surface area (Å²) < 4.78 is 28.1. The number of rotatable bonds is 6. The van der Waals surface area contributed by atoms with Gasteiger partial charge in [-0.1, -0.05) is 25.0 Å². The molecule has 1 aromatic carbocycles. The molecule has 26 heavy (non-hydrogen) atoms. The number of sulfonamides is 1. The summed E-state index contributed by atoms with van der Waals surface area (Å²) >= 11 is 0. The van der Waals surface area contributed by atoms with Crippen molar-refractivity contribution in [3.8, 4) is 0 Å². The van der Waals surface area contributed by atoms with E-state index in [2.05, 4.69) is 5.32 Å². The number of aryl methyl sites for hydroxylation is 1. The van der Waals surface area contributed by atoms with Gasteiger partial charge in [0.1, 0.15) is 0 Å². The lowest BCUT2D eigenvalue weighted by molar-refractivity contribution is -0.131. The normalized spacial score (nSPS) is 19.2. The predicted molar refractivity (Wildman–Crippen MR) is 101 cm³/mol. The number of amides is 1. The van der Waals surface area contributed by atoms with Crippen molar-refractivity contribution in [2.45, 2.75) is 50.0 Å². The highest BCUT2D eigenvalue weighted by Crippen LogP contribution is 2.29. The van der Waals surface area contributed by atoms with Gasteiger partial charge >= 0.3 is 0 Å². The highest BCUT2D eigenvalue weighted by molar-refractivity contribution is 7.89. The highest BCUT2D eigenvalue weighted by atomic mass is 32.2. The monoisotopic (exact) mass is 379 g/mol. The van der Waals surface area contributed by atoms with Crippen LogP contribution in [-0.2, 0) is 14.8 Å². The van der Waals surface area contributed by atoms with Gasteiger partial charge in [0, 0.05) is 45.2 Å². The Kier molecular flexibility index (Phi) is 6.32. The first-order valence-electron chi connectivity index (χ1n) is 9.55. The van der Waals surface area contributed by atoms with E-state index in [0.29, 0.717) is 18.0 Å². The topological polar surface area (TPSA) is 69.7 Å². The summed E-state index contributed by atoms with van der Waals surface area (Å²) in [6, 6.07) is 7.06.